The number of amides is 1. The van der Waals surface area contributed by atoms with Gasteiger partial charge in [0.1, 0.15) is 5.75 Å². The third-order valence-corrected chi connectivity index (χ3v) is 3.65. The first-order chi connectivity index (χ1) is 11.5. The lowest BCUT2D eigenvalue weighted by molar-refractivity contribution is -0.121. The monoisotopic (exact) mass is 333 g/mol. The molecule has 1 N–H and O–H groups in total. The minimum atomic E-state index is -2.82. The Labute approximate surface area is 140 Å². The van der Waals surface area contributed by atoms with E-state index in [1.54, 1.807) is 12.1 Å². The standard InChI is InChI=1S/C19H21F2NO2/c1-14-2-4-15(5-3-14)8-11-18(23)22-13-12-16-6-9-17(10-7-16)24-19(20)21/h2-7,9-10,19H,8,11-13H2,1H3,(H,22,23). The Morgan fingerprint density at radius 1 is 1.00 bits per heavy atom. The first-order valence-corrected chi connectivity index (χ1v) is 7.89. The van der Waals surface area contributed by atoms with E-state index in [9.17, 15) is 13.6 Å². The summed E-state index contributed by atoms with van der Waals surface area (Å²) < 4.78 is 28.4. The van der Waals surface area contributed by atoms with E-state index in [1.165, 1.54) is 17.7 Å². The van der Waals surface area contributed by atoms with Crippen molar-refractivity contribution in [1.82, 2.24) is 5.32 Å². The van der Waals surface area contributed by atoms with Gasteiger partial charge in [-0.1, -0.05) is 42.0 Å². The van der Waals surface area contributed by atoms with Crippen LogP contribution in [0.1, 0.15) is 23.1 Å². The highest BCUT2D eigenvalue weighted by Crippen LogP contribution is 2.15. The molecule has 2 aromatic rings. The van der Waals surface area contributed by atoms with Gasteiger partial charge in [-0.25, -0.2) is 0 Å². The average Bonchev–Trinajstić information content (AvgIpc) is 2.55. The average molecular weight is 333 g/mol. The SMILES string of the molecule is Cc1ccc(CCC(=O)NCCc2ccc(OC(F)F)cc2)cc1. The number of ether oxygens (including phenoxy) is 1. The van der Waals surface area contributed by atoms with Crippen LogP contribution in [0.25, 0.3) is 0 Å². The maximum absolute atomic E-state index is 12.1. The first kappa shape index (κ1) is 17.9. The second kappa shape index (κ2) is 9.01. The van der Waals surface area contributed by atoms with Crippen molar-refractivity contribution in [3.8, 4) is 5.75 Å². The molecule has 0 aliphatic heterocycles. The Balaban J connectivity index is 1.67. The number of carbonyl (C=O) groups excluding carboxylic acids is 1. The second-order valence-electron chi connectivity index (χ2n) is 5.61. The third kappa shape index (κ3) is 6.36. The van der Waals surface area contributed by atoms with E-state index in [0.29, 0.717) is 25.8 Å². The zero-order valence-corrected chi connectivity index (χ0v) is 13.6. The van der Waals surface area contributed by atoms with Crippen LogP contribution in [-0.2, 0) is 17.6 Å². The number of alkyl halides is 2. The Morgan fingerprint density at radius 2 is 1.58 bits per heavy atom. The molecule has 3 nitrogen and oxygen atoms in total. The van der Waals surface area contributed by atoms with Crippen molar-refractivity contribution in [3.63, 3.8) is 0 Å². The molecule has 0 aliphatic rings. The van der Waals surface area contributed by atoms with Crippen LogP contribution in [0, 0.1) is 6.92 Å². The summed E-state index contributed by atoms with van der Waals surface area (Å²) in [6.07, 6.45) is 1.81. The Kier molecular flexibility index (Phi) is 6.73. The quantitative estimate of drug-likeness (QED) is 0.796. The molecule has 0 heterocycles. The summed E-state index contributed by atoms with van der Waals surface area (Å²) in [5.41, 5.74) is 3.30. The minimum Gasteiger partial charge on any atom is -0.435 e. The van der Waals surface area contributed by atoms with Gasteiger partial charge in [0, 0.05) is 13.0 Å². The molecule has 0 aliphatic carbocycles. The number of hydrogen-bond donors (Lipinski definition) is 1. The van der Waals surface area contributed by atoms with Gasteiger partial charge in [-0.05, 0) is 43.0 Å². The molecule has 0 bridgehead atoms. The van der Waals surface area contributed by atoms with Gasteiger partial charge in [-0.2, -0.15) is 8.78 Å². The van der Waals surface area contributed by atoms with Crippen molar-refractivity contribution in [2.24, 2.45) is 0 Å². The largest absolute Gasteiger partial charge is 0.435 e. The van der Waals surface area contributed by atoms with E-state index in [-0.39, 0.29) is 11.7 Å². The van der Waals surface area contributed by atoms with Crippen molar-refractivity contribution in [2.75, 3.05) is 6.54 Å². The molecular formula is C19H21F2NO2. The summed E-state index contributed by atoms with van der Waals surface area (Å²) in [5.74, 6) is 0.143. The van der Waals surface area contributed by atoms with Crippen LogP contribution in [0.2, 0.25) is 0 Å². The molecule has 0 aromatic heterocycles. The second-order valence-corrected chi connectivity index (χ2v) is 5.61. The molecular weight excluding hydrogens is 312 g/mol. The maximum Gasteiger partial charge on any atom is 0.387 e. The Morgan fingerprint density at radius 3 is 2.21 bits per heavy atom. The molecule has 0 fully saturated rings. The third-order valence-electron chi connectivity index (χ3n) is 3.65. The molecule has 0 saturated heterocycles. The summed E-state index contributed by atoms with van der Waals surface area (Å²) in [4.78, 5) is 11.8. The molecule has 0 atom stereocenters. The van der Waals surface area contributed by atoms with E-state index in [2.05, 4.69) is 10.1 Å². The number of rotatable bonds is 8. The zero-order valence-electron chi connectivity index (χ0n) is 13.6. The summed E-state index contributed by atoms with van der Waals surface area (Å²) in [6.45, 7) is -0.270. The number of carbonyl (C=O) groups is 1. The minimum absolute atomic E-state index is 0.00762. The summed E-state index contributed by atoms with van der Waals surface area (Å²) in [5, 5.41) is 2.87. The molecule has 1 amide bonds. The lowest BCUT2D eigenvalue weighted by Gasteiger charge is -2.07. The molecule has 2 aromatic carbocycles. The molecule has 0 radical (unpaired) electrons. The molecule has 128 valence electrons. The van der Waals surface area contributed by atoms with E-state index in [1.807, 2.05) is 31.2 Å². The predicted molar refractivity (Wildman–Crippen MR) is 89.3 cm³/mol. The first-order valence-electron chi connectivity index (χ1n) is 7.89. The summed E-state index contributed by atoms with van der Waals surface area (Å²) in [7, 11) is 0. The molecule has 0 unspecified atom stereocenters. The molecule has 24 heavy (non-hydrogen) atoms. The number of benzene rings is 2. The van der Waals surface area contributed by atoms with E-state index in [0.717, 1.165) is 11.1 Å². The van der Waals surface area contributed by atoms with Crippen LogP contribution in [0.15, 0.2) is 48.5 Å². The van der Waals surface area contributed by atoms with E-state index in [4.69, 9.17) is 0 Å². The summed E-state index contributed by atoms with van der Waals surface area (Å²) >= 11 is 0. The molecule has 2 rings (SSSR count). The summed E-state index contributed by atoms with van der Waals surface area (Å²) in [6, 6.07) is 14.6. The highest BCUT2D eigenvalue weighted by Gasteiger charge is 2.05. The lowest BCUT2D eigenvalue weighted by atomic mass is 10.1. The van der Waals surface area contributed by atoms with Gasteiger partial charge in [-0.3, -0.25) is 4.79 Å². The van der Waals surface area contributed by atoms with Crippen molar-refractivity contribution >= 4 is 5.91 Å². The van der Waals surface area contributed by atoms with Gasteiger partial charge in [0.05, 0.1) is 0 Å². The van der Waals surface area contributed by atoms with Gasteiger partial charge < -0.3 is 10.1 Å². The molecule has 5 heteroatoms. The van der Waals surface area contributed by atoms with Gasteiger partial charge in [0.15, 0.2) is 0 Å². The van der Waals surface area contributed by atoms with Crippen LogP contribution in [0.3, 0.4) is 0 Å². The number of halogens is 2. The zero-order chi connectivity index (χ0) is 17.4. The van der Waals surface area contributed by atoms with Gasteiger partial charge in [-0.15, -0.1) is 0 Å². The maximum atomic E-state index is 12.1. The topological polar surface area (TPSA) is 38.3 Å². The molecule has 0 saturated carbocycles. The number of hydrogen-bond acceptors (Lipinski definition) is 2. The van der Waals surface area contributed by atoms with E-state index >= 15 is 0 Å². The van der Waals surface area contributed by atoms with Crippen molar-refractivity contribution in [2.45, 2.75) is 32.8 Å². The van der Waals surface area contributed by atoms with Crippen molar-refractivity contribution < 1.29 is 18.3 Å². The van der Waals surface area contributed by atoms with Crippen molar-refractivity contribution in [3.05, 3.63) is 65.2 Å². The number of nitrogens with one attached hydrogen (secondary N) is 1. The van der Waals surface area contributed by atoms with Crippen LogP contribution in [0.4, 0.5) is 8.78 Å². The highest BCUT2D eigenvalue weighted by molar-refractivity contribution is 5.76. The lowest BCUT2D eigenvalue weighted by Crippen LogP contribution is -2.25. The van der Waals surface area contributed by atoms with Gasteiger partial charge in [0.2, 0.25) is 5.91 Å². The predicted octanol–water partition coefficient (Wildman–Crippen LogP) is 3.89. The van der Waals surface area contributed by atoms with Crippen LogP contribution in [0.5, 0.6) is 5.75 Å². The van der Waals surface area contributed by atoms with E-state index < -0.39 is 6.61 Å². The normalized spacial score (nSPS) is 10.7. The fourth-order valence-electron chi connectivity index (χ4n) is 2.28. The van der Waals surface area contributed by atoms with Crippen molar-refractivity contribution in [1.29, 1.82) is 0 Å². The van der Waals surface area contributed by atoms with Crippen LogP contribution < -0.4 is 10.1 Å². The van der Waals surface area contributed by atoms with Gasteiger partial charge >= 0.3 is 6.61 Å². The Hall–Kier alpha value is -2.43. The highest BCUT2D eigenvalue weighted by atomic mass is 19.3. The van der Waals surface area contributed by atoms with Crippen LogP contribution in [-0.4, -0.2) is 19.1 Å². The van der Waals surface area contributed by atoms with Crippen LogP contribution >= 0.6 is 0 Å². The molecule has 0 spiro atoms. The number of aryl methyl sites for hydroxylation is 2. The fraction of sp³-hybridized carbons (Fsp3) is 0.316. The van der Waals surface area contributed by atoms with Gasteiger partial charge in [0.25, 0.3) is 0 Å². The fourth-order valence-corrected chi connectivity index (χ4v) is 2.28. The Bertz CT molecular complexity index is 639. The smallest absolute Gasteiger partial charge is 0.387 e.